The maximum Gasteiger partial charge on any atom is 0.340 e. The number of carbonyl (C=O) groups excluding carboxylic acids is 3. The molecule has 2 heterocycles. The number of benzene rings is 1. The van der Waals surface area contributed by atoms with Crippen LogP contribution in [-0.2, 0) is 27.2 Å². The molecule has 0 aliphatic carbocycles. The lowest BCUT2D eigenvalue weighted by Crippen LogP contribution is -2.43. The highest BCUT2D eigenvalue weighted by atomic mass is 16.5. The zero-order valence-electron chi connectivity index (χ0n) is 17.0. The minimum Gasteiger partial charge on any atom is -0.548 e. The highest BCUT2D eigenvalue weighted by Gasteiger charge is 2.27. The van der Waals surface area contributed by atoms with Crippen LogP contribution in [-0.4, -0.2) is 36.5 Å². The maximum atomic E-state index is 12.5. The Morgan fingerprint density at radius 3 is 2.53 bits per heavy atom. The molecule has 0 bridgehead atoms. The van der Waals surface area contributed by atoms with Crippen molar-refractivity contribution in [2.75, 3.05) is 13.1 Å². The second-order valence-electron chi connectivity index (χ2n) is 7.91. The molecule has 3 rings (SSSR count). The molecular weight excluding hydrogens is 392 g/mol. The number of nitrogens with one attached hydrogen (secondary N) is 2. The molecule has 9 nitrogen and oxygen atoms in total. The van der Waals surface area contributed by atoms with Gasteiger partial charge in [0.1, 0.15) is 16.9 Å². The first-order chi connectivity index (χ1) is 14.1. The van der Waals surface area contributed by atoms with Gasteiger partial charge in [-0.2, -0.15) is 0 Å². The predicted molar refractivity (Wildman–Crippen MR) is 105 cm³/mol. The fourth-order valence-corrected chi connectivity index (χ4v) is 3.38. The van der Waals surface area contributed by atoms with Gasteiger partial charge in [0.2, 0.25) is 11.8 Å². The first-order valence-electron chi connectivity index (χ1n) is 9.57. The Labute approximate surface area is 172 Å². The van der Waals surface area contributed by atoms with E-state index in [4.69, 9.17) is 9.15 Å². The van der Waals surface area contributed by atoms with Crippen LogP contribution < -0.4 is 26.1 Å². The Hall–Kier alpha value is -3.36. The molecule has 1 aromatic heterocycles. The van der Waals surface area contributed by atoms with Crippen molar-refractivity contribution >= 4 is 28.8 Å². The third-order valence-corrected chi connectivity index (χ3v) is 5.06. The SMILES string of the molecule is Cc1c(CC(=O)NCC(=O)NCC(=O)[O-])c(=O)oc2cc3c(cc12)CCC(C)(C)O3. The van der Waals surface area contributed by atoms with Crippen molar-refractivity contribution in [1.82, 2.24) is 10.6 Å². The van der Waals surface area contributed by atoms with Crippen molar-refractivity contribution in [1.29, 1.82) is 0 Å². The molecule has 2 amide bonds. The molecule has 0 spiro atoms. The molecule has 0 fully saturated rings. The van der Waals surface area contributed by atoms with Crippen LogP contribution >= 0.6 is 0 Å². The third-order valence-electron chi connectivity index (χ3n) is 5.06. The van der Waals surface area contributed by atoms with E-state index in [1.54, 1.807) is 13.0 Å². The number of carboxylic acids is 1. The molecule has 2 N–H and O–H groups in total. The summed E-state index contributed by atoms with van der Waals surface area (Å²) in [7, 11) is 0. The van der Waals surface area contributed by atoms with Crippen LogP contribution in [0.1, 0.15) is 37.0 Å². The van der Waals surface area contributed by atoms with Gasteiger partial charge in [-0.1, -0.05) is 0 Å². The van der Waals surface area contributed by atoms with Gasteiger partial charge < -0.3 is 29.7 Å². The summed E-state index contributed by atoms with van der Waals surface area (Å²) in [4.78, 5) is 46.4. The van der Waals surface area contributed by atoms with Gasteiger partial charge in [0.15, 0.2) is 0 Å². The number of carboxylic acid groups (broad SMARTS) is 1. The van der Waals surface area contributed by atoms with Gasteiger partial charge in [0.25, 0.3) is 0 Å². The van der Waals surface area contributed by atoms with Crippen LogP contribution in [0.4, 0.5) is 0 Å². The molecule has 0 radical (unpaired) electrons. The van der Waals surface area contributed by atoms with Crippen LogP contribution in [0.5, 0.6) is 5.75 Å². The summed E-state index contributed by atoms with van der Waals surface area (Å²) in [6, 6.07) is 3.64. The zero-order chi connectivity index (χ0) is 22.1. The van der Waals surface area contributed by atoms with Gasteiger partial charge in [-0.05, 0) is 50.8 Å². The van der Waals surface area contributed by atoms with E-state index < -0.39 is 36.5 Å². The molecule has 1 aromatic carbocycles. The molecular formula is C21H23N2O7-. The van der Waals surface area contributed by atoms with Gasteiger partial charge in [0.05, 0.1) is 31.0 Å². The first-order valence-corrected chi connectivity index (χ1v) is 9.57. The van der Waals surface area contributed by atoms with Crippen LogP contribution in [0.3, 0.4) is 0 Å². The van der Waals surface area contributed by atoms with E-state index in [2.05, 4.69) is 10.6 Å². The molecule has 2 aromatic rings. The smallest absolute Gasteiger partial charge is 0.340 e. The first kappa shape index (κ1) is 21.4. The number of aryl methyl sites for hydroxylation is 2. The minimum absolute atomic E-state index is 0.201. The average Bonchev–Trinajstić information content (AvgIpc) is 2.66. The van der Waals surface area contributed by atoms with Crippen LogP contribution in [0.2, 0.25) is 0 Å². The van der Waals surface area contributed by atoms with Gasteiger partial charge in [-0.25, -0.2) is 4.79 Å². The van der Waals surface area contributed by atoms with E-state index in [0.29, 0.717) is 16.9 Å². The summed E-state index contributed by atoms with van der Waals surface area (Å²) in [5.74, 6) is -1.98. The van der Waals surface area contributed by atoms with Crippen molar-refractivity contribution in [3.05, 3.63) is 39.2 Å². The fraction of sp³-hybridized carbons (Fsp3) is 0.429. The quantitative estimate of drug-likeness (QED) is 0.620. The lowest BCUT2D eigenvalue weighted by molar-refractivity contribution is -0.304. The monoisotopic (exact) mass is 415 g/mol. The maximum absolute atomic E-state index is 12.5. The van der Waals surface area contributed by atoms with Crippen molar-refractivity contribution in [3.8, 4) is 5.75 Å². The predicted octanol–water partition coefficient (Wildman–Crippen LogP) is -0.270. The van der Waals surface area contributed by atoms with Crippen molar-refractivity contribution < 1.29 is 28.6 Å². The Morgan fingerprint density at radius 1 is 1.13 bits per heavy atom. The number of fused-ring (bicyclic) bond motifs is 2. The molecule has 0 saturated carbocycles. The average molecular weight is 415 g/mol. The van der Waals surface area contributed by atoms with Crippen molar-refractivity contribution in [3.63, 3.8) is 0 Å². The van der Waals surface area contributed by atoms with Gasteiger partial charge in [-0.15, -0.1) is 0 Å². The van der Waals surface area contributed by atoms with Crippen LogP contribution in [0.25, 0.3) is 11.0 Å². The highest BCUT2D eigenvalue weighted by molar-refractivity contribution is 5.89. The van der Waals surface area contributed by atoms with Crippen molar-refractivity contribution in [2.45, 2.75) is 45.6 Å². The van der Waals surface area contributed by atoms with E-state index in [1.807, 2.05) is 19.9 Å². The summed E-state index contributed by atoms with van der Waals surface area (Å²) < 4.78 is 11.4. The van der Waals surface area contributed by atoms with E-state index in [9.17, 15) is 24.3 Å². The number of rotatable bonds is 6. The van der Waals surface area contributed by atoms with E-state index in [1.165, 1.54) is 0 Å². The van der Waals surface area contributed by atoms with E-state index >= 15 is 0 Å². The summed E-state index contributed by atoms with van der Waals surface area (Å²) in [5.41, 5.74) is 1.31. The third kappa shape index (κ3) is 4.79. The van der Waals surface area contributed by atoms with Gasteiger partial charge >= 0.3 is 5.63 Å². The van der Waals surface area contributed by atoms with Crippen LogP contribution in [0.15, 0.2) is 21.3 Å². The summed E-state index contributed by atoms with van der Waals surface area (Å²) in [6.45, 7) is 4.69. The molecule has 0 unspecified atom stereocenters. The number of amides is 2. The number of ether oxygens (including phenoxy) is 1. The molecule has 30 heavy (non-hydrogen) atoms. The standard InChI is InChI=1S/C21H24N2O7/c1-11-13-6-12-4-5-21(2,3)30-15(12)8-16(13)29-20(28)14(11)7-17(24)22-9-18(25)23-10-19(26)27/h6,8H,4-5,7,9-10H2,1-3H3,(H,22,24)(H,23,25)(H,26,27)/p-1. The number of hydrogen-bond acceptors (Lipinski definition) is 7. The zero-order valence-corrected chi connectivity index (χ0v) is 17.0. The van der Waals surface area contributed by atoms with Crippen molar-refractivity contribution in [2.24, 2.45) is 0 Å². The Bertz CT molecular complexity index is 1080. The summed E-state index contributed by atoms with van der Waals surface area (Å²) >= 11 is 0. The Morgan fingerprint density at radius 2 is 1.83 bits per heavy atom. The van der Waals surface area contributed by atoms with Gasteiger partial charge in [0, 0.05) is 11.5 Å². The molecule has 1 aliphatic rings. The Balaban J connectivity index is 1.78. The van der Waals surface area contributed by atoms with Gasteiger partial charge in [-0.3, -0.25) is 9.59 Å². The highest BCUT2D eigenvalue weighted by Crippen LogP contribution is 2.36. The second kappa shape index (κ2) is 8.17. The topological polar surface area (TPSA) is 138 Å². The minimum atomic E-state index is -1.43. The molecule has 160 valence electrons. The fourth-order valence-electron chi connectivity index (χ4n) is 3.38. The lowest BCUT2D eigenvalue weighted by atomic mass is 9.92. The normalized spacial score (nSPS) is 14.5. The molecule has 9 heteroatoms. The van der Waals surface area contributed by atoms with E-state index in [0.717, 1.165) is 23.8 Å². The summed E-state index contributed by atoms with van der Waals surface area (Å²) in [5, 5.41) is 15.5. The van der Waals surface area contributed by atoms with E-state index in [-0.39, 0.29) is 17.6 Å². The second-order valence-corrected chi connectivity index (χ2v) is 7.91. The molecule has 0 saturated heterocycles. The Kier molecular flexibility index (Phi) is 5.82. The largest absolute Gasteiger partial charge is 0.548 e. The molecule has 1 aliphatic heterocycles. The molecule has 0 atom stereocenters. The lowest BCUT2D eigenvalue weighted by Gasteiger charge is -2.32. The number of carbonyl (C=O) groups is 3. The van der Waals surface area contributed by atoms with Crippen LogP contribution in [0, 0.1) is 6.92 Å². The number of hydrogen-bond donors (Lipinski definition) is 2. The summed E-state index contributed by atoms with van der Waals surface area (Å²) in [6.07, 6.45) is 1.42. The number of aliphatic carboxylic acids is 1.